The Morgan fingerprint density at radius 2 is 0.718 bits per heavy atom. The number of esters is 4. The number of aliphatic hydroxyl groups excluding tert-OH is 1. The Kier molecular flexibility index (Phi) is 64.5. The van der Waals surface area contributed by atoms with E-state index in [1.807, 2.05) is 12.1 Å². The summed E-state index contributed by atoms with van der Waals surface area (Å²) in [5, 5.41) is 28.2. The Balaban J connectivity index is 2.25. The number of carboxylic acid groups (broad SMARTS) is 1. The van der Waals surface area contributed by atoms with Gasteiger partial charge in [0.1, 0.15) is 36.6 Å². The van der Waals surface area contributed by atoms with Gasteiger partial charge in [0.15, 0.2) is 18.4 Å². The summed E-state index contributed by atoms with van der Waals surface area (Å²) < 4.78 is 72.9. The second kappa shape index (κ2) is 71.3. The van der Waals surface area contributed by atoms with Crippen LogP contribution in [-0.2, 0) is 93.3 Å². The molecule has 0 unspecified atom stereocenters. The van der Waals surface area contributed by atoms with Crippen molar-refractivity contribution in [1.82, 2.24) is 10.6 Å². The van der Waals surface area contributed by atoms with Crippen LogP contribution in [0.3, 0.4) is 0 Å². The zero-order valence-electron chi connectivity index (χ0n) is 73.9. The molecule has 3 rings (SSSR count). The van der Waals surface area contributed by atoms with Crippen molar-refractivity contribution in [3.05, 3.63) is 71.8 Å². The fraction of sp³-hybridized carbons (Fsp3) is 0.800. The summed E-state index contributed by atoms with van der Waals surface area (Å²) in [5.41, 5.74) is 1.16. The minimum atomic E-state index is -4.95. The highest BCUT2D eigenvalue weighted by Crippen LogP contribution is 2.54. The first-order valence-electron chi connectivity index (χ1n) is 47.1. The van der Waals surface area contributed by atoms with Gasteiger partial charge in [0.05, 0.1) is 45.7 Å². The van der Waals surface area contributed by atoms with E-state index in [1.165, 1.54) is 44.9 Å². The van der Waals surface area contributed by atoms with Crippen molar-refractivity contribution in [3.8, 4) is 0 Å². The summed E-state index contributed by atoms with van der Waals surface area (Å²) in [4.78, 5) is 100. The summed E-state index contributed by atoms with van der Waals surface area (Å²) in [5.74, 6) is -5.29. The molecule has 672 valence electrons. The third-order valence-corrected chi connectivity index (χ3v) is 23.5. The molecule has 1 heterocycles. The summed E-state index contributed by atoms with van der Waals surface area (Å²) in [6.07, 6.45) is 38.9. The molecule has 2 amide bonds. The number of aliphatic carboxylic acids is 1. The number of phosphoric acid groups is 1. The lowest BCUT2D eigenvalue weighted by Crippen LogP contribution is -2.66. The Morgan fingerprint density at radius 1 is 0.402 bits per heavy atom. The van der Waals surface area contributed by atoms with E-state index >= 15 is 14.2 Å². The lowest BCUT2D eigenvalue weighted by Gasteiger charge is -2.46. The van der Waals surface area contributed by atoms with Gasteiger partial charge in [-0.1, -0.05) is 372 Å². The number of ether oxygens (including phenoxy) is 6. The topological polar surface area (TPSA) is 284 Å². The van der Waals surface area contributed by atoms with Gasteiger partial charge in [-0.3, -0.25) is 42.3 Å². The summed E-state index contributed by atoms with van der Waals surface area (Å²) in [6.45, 7) is 10.7. The highest BCUT2D eigenvalue weighted by atomic mass is 31.2. The molecule has 1 saturated heterocycles. The van der Waals surface area contributed by atoms with Gasteiger partial charge >= 0.3 is 37.7 Å². The van der Waals surface area contributed by atoms with Crippen LogP contribution in [0.25, 0.3) is 0 Å². The van der Waals surface area contributed by atoms with E-state index in [-0.39, 0.29) is 38.9 Å². The minimum Gasteiger partial charge on any atom is -0.480 e. The van der Waals surface area contributed by atoms with Crippen molar-refractivity contribution in [1.29, 1.82) is 0 Å². The maximum atomic E-state index is 15.8. The Hall–Kier alpha value is -5.28. The second-order valence-electron chi connectivity index (χ2n) is 33.0. The molecule has 1 fully saturated rings. The first kappa shape index (κ1) is 106. The van der Waals surface area contributed by atoms with Crippen molar-refractivity contribution in [2.45, 2.75) is 476 Å². The number of carbonyl (C=O) groups is 7. The largest absolute Gasteiger partial charge is 0.480 e. The maximum absolute atomic E-state index is 15.8. The first-order valence-corrected chi connectivity index (χ1v) is 48.6. The van der Waals surface area contributed by atoms with Crippen molar-refractivity contribution >= 4 is 49.5 Å². The van der Waals surface area contributed by atoms with Gasteiger partial charge in [-0.15, -0.1) is 0 Å². The Labute approximate surface area is 707 Å². The maximum Gasteiger partial charge on any atom is 0.475 e. The van der Waals surface area contributed by atoms with Gasteiger partial charge in [0.2, 0.25) is 11.8 Å². The highest BCUT2D eigenvalue weighted by molar-refractivity contribution is 7.48. The van der Waals surface area contributed by atoms with E-state index in [9.17, 15) is 34.2 Å². The predicted octanol–water partition coefficient (Wildman–Crippen LogP) is 23.7. The van der Waals surface area contributed by atoms with Crippen molar-refractivity contribution < 1.29 is 90.3 Å². The number of unbranched alkanes of at least 4 members (excludes halogenated alkanes) is 42. The number of carbonyl (C=O) groups excluding carboxylic acids is 6. The van der Waals surface area contributed by atoms with E-state index in [2.05, 4.69) is 52.2 Å². The van der Waals surface area contributed by atoms with Gasteiger partial charge in [-0.2, -0.15) is 0 Å². The molecule has 0 saturated carbocycles. The zero-order chi connectivity index (χ0) is 84.9. The number of nitrogens with one attached hydrogen (secondary N) is 2. The molecule has 2 aromatic rings. The fourth-order valence-electron chi connectivity index (χ4n) is 15.0. The smallest absolute Gasteiger partial charge is 0.475 e. The van der Waals surface area contributed by atoms with Crippen molar-refractivity contribution in [2.24, 2.45) is 0 Å². The number of hydrogen-bond donors (Lipinski definition) is 4. The molecule has 0 aliphatic carbocycles. The molecule has 117 heavy (non-hydrogen) atoms. The van der Waals surface area contributed by atoms with Crippen LogP contribution in [0.2, 0.25) is 0 Å². The molecule has 21 nitrogen and oxygen atoms in total. The lowest BCUT2D eigenvalue weighted by atomic mass is 9.95. The average molecular weight is 1670 g/mol. The van der Waals surface area contributed by atoms with Crippen LogP contribution in [0, 0.1) is 0 Å². The number of carboxylic acids is 1. The standard InChI is InChI=1S/C95H163N2O19P/c1-7-13-19-25-31-34-40-43-55-65-80(111-87(101)68-58-46-37-28-22-16-10-4)71-85(99)96-83(94(105)106)77-108-95-91(97-86(100)72-81(66-56-44-41-35-32-26-20-14-8-2)112-88(102)69-59-47-38-29-23-17-11-5)93(92(84(74-98)114-95)116-117(107,109-75-78-61-51-49-52-62-78)110-76-79-63-53-50-54-64-79)115-90(104)73-82(67-57-45-42-36-33-27-21-15-9-3)113-89(103)70-60-48-39-30-24-18-12-6/h49-54,61-64,80-84,91-93,95,98H,7-48,55-60,65-77H2,1-6H3,(H,96,99)(H,97,100)(H,105,106)/t80-,81-,82-,83+,84-,91-,92-,93-,95-/m1/s1. The summed E-state index contributed by atoms with van der Waals surface area (Å²) in [7, 11) is -4.95. The second-order valence-corrected chi connectivity index (χ2v) is 34.6. The van der Waals surface area contributed by atoms with Gasteiger partial charge in [-0.25, -0.2) is 9.36 Å². The minimum absolute atomic E-state index is 0.138. The van der Waals surface area contributed by atoms with Crippen LogP contribution < -0.4 is 10.6 Å². The lowest BCUT2D eigenvalue weighted by molar-refractivity contribution is -0.272. The quantitative estimate of drug-likeness (QED) is 0.0207. The van der Waals surface area contributed by atoms with Gasteiger partial charge in [0.25, 0.3) is 0 Å². The number of phosphoric ester groups is 1. The summed E-state index contributed by atoms with van der Waals surface area (Å²) in [6, 6.07) is 14.2. The van der Waals surface area contributed by atoms with E-state index in [1.54, 1.807) is 48.5 Å². The van der Waals surface area contributed by atoms with Crippen LogP contribution in [-0.4, -0.2) is 120 Å². The van der Waals surface area contributed by atoms with Crippen LogP contribution >= 0.6 is 7.82 Å². The molecule has 0 bridgehead atoms. The number of rotatable bonds is 79. The van der Waals surface area contributed by atoms with E-state index in [0.29, 0.717) is 68.9 Å². The SMILES string of the molecule is CCCCCCCCCCC[C@H](CC(=O)N[C@H]1[C@H](OC[C@H](NC(=O)C[C@@H](CCCCCCCCCCC)OC(=O)CCCCCCCCC)C(=O)O)O[C@H](CO)[C@@H](OP(=O)(OCc2ccccc2)OCc2ccccc2)[C@@H]1OC(=O)C[C@@H](CCCCCCCCCCC)OC(=O)CCCCCCCCC)OC(=O)CCCCCCCCC. The molecule has 1 aliphatic heterocycles. The molecular formula is C95H163N2O19P. The van der Waals surface area contributed by atoms with Crippen LogP contribution in [0.5, 0.6) is 0 Å². The van der Waals surface area contributed by atoms with Crippen molar-refractivity contribution in [2.75, 3.05) is 13.2 Å². The van der Waals surface area contributed by atoms with Gasteiger partial charge in [-0.05, 0) is 68.9 Å². The van der Waals surface area contributed by atoms with Crippen LogP contribution in [0.4, 0.5) is 0 Å². The normalized spacial score (nSPS) is 16.6. The first-order chi connectivity index (χ1) is 57.0. The van der Waals surface area contributed by atoms with E-state index in [0.717, 1.165) is 225 Å². The monoisotopic (exact) mass is 1670 g/mol. The molecule has 22 heteroatoms. The zero-order valence-corrected chi connectivity index (χ0v) is 74.8. The number of aliphatic hydroxyl groups is 1. The molecule has 2 aromatic carbocycles. The molecular weight excluding hydrogens is 1500 g/mol. The number of amides is 2. The molecule has 9 atom stereocenters. The highest BCUT2D eigenvalue weighted by Gasteiger charge is 2.54. The van der Waals surface area contributed by atoms with E-state index < -0.39 is 131 Å². The molecule has 0 spiro atoms. The third kappa shape index (κ3) is 54.7. The average Bonchev–Trinajstić information content (AvgIpc) is 0.774. The molecule has 0 aromatic heterocycles. The predicted molar refractivity (Wildman–Crippen MR) is 465 cm³/mol. The fourth-order valence-corrected chi connectivity index (χ4v) is 16.4. The van der Waals surface area contributed by atoms with Crippen molar-refractivity contribution in [3.63, 3.8) is 0 Å². The Morgan fingerprint density at radius 3 is 1.05 bits per heavy atom. The van der Waals surface area contributed by atoms with Gasteiger partial charge in [0, 0.05) is 19.3 Å². The molecule has 4 N–H and O–H groups in total. The van der Waals surface area contributed by atoms with Crippen LogP contribution in [0.1, 0.15) is 419 Å². The number of benzene rings is 2. The number of hydrogen-bond acceptors (Lipinski definition) is 18. The van der Waals surface area contributed by atoms with Crippen LogP contribution in [0.15, 0.2) is 60.7 Å². The molecule has 0 radical (unpaired) electrons. The van der Waals surface area contributed by atoms with E-state index in [4.69, 9.17) is 42.0 Å². The Bertz CT molecular complexity index is 2810. The molecule has 1 aliphatic rings. The van der Waals surface area contributed by atoms with Gasteiger partial charge < -0.3 is 49.3 Å². The third-order valence-electron chi connectivity index (χ3n) is 22.2. The summed E-state index contributed by atoms with van der Waals surface area (Å²) >= 11 is 0.